The fourth-order valence-corrected chi connectivity index (χ4v) is 2.68. The number of aromatic nitrogens is 2. The Hall–Kier alpha value is -2.35. The van der Waals surface area contributed by atoms with E-state index in [1.165, 1.54) is 27.2 Å². The molecule has 2 aromatic heterocycles. The number of aryl methyl sites for hydroxylation is 1. The highest BCUT2D eigenvalue weighted by molar-refractivity contribution is 6.11. The first-order valence-corrected chi connectivity index (χ1v) is 6.09. The van der Waals surface area contributed by atoms with Crippen LogP contribution in [0.25, 0.3) is 27.3 Å². The van der Waals surface area contributed by atoms with Crippen molar-refractivity contribution in [3.63, 3.8) is 0 Å². The van der Waals surface area contributed by atoms with E-state index in [0.717, 1.165) is 5.65 Å². The van der Waals surface area contributed by atoms with Gasteiger partial charge in [0.1, 0.15) is 5.65 Å². The van der Waals surface area contributed by atoms with Gasteiger partial charge in [0, 0.05) is 23.2 Å². The lowest BCUT2D eigenvalue weighted by atomic mass is 10.0. The van der Waals surface area contributed by atoms with E-state index in [1.807, 2.05) is 12.4 Å². The Kier molecular flexibility index (Phi) is 1.78. The molecule has 0 saturated carbocycles. The molecular weight excluding hydrogens is 220 g/mol. The summed E-state index contributed by atoms with van der Waals surface area (Å²) in [5, 5.41) is 3.77. The van der Waals surface area contributed by atoms with Gasteiger partial charge in [0.05, 0.1) is 5.52 Å². The van der Waals surface area contributed by atoms with E-state index in [-0.39, 0.29) is 0 Å². The van der Waals surface area contributed by atoms with Crippen molar-refractivity contribution in [2.45, 2.75) is 6.92 Å². The zero-order chi connectivity index (χ0) is 12.1. The molecule has 0 unspecified atom stereocenters. The smallest absolute Gasteiger partial charge is 0.145 e. The zero-order valence-electron chi connectivity index (χ0n) is 10.1. The Morgan fingerprint density at radius 3 is 2.78 bits per heavy atom. The van der Waals surface area contributed by atoms with Gasteiger partial charge >= 0.3 is 0 Å². The fourth-order valence-electron chi connectivity index (χ4n) is 2.68. The minimum Gasteiger partial charge on any atom is -0.299 e. The molecule has 2 aromatic carbocycles. The van der Waals surface area contributed by atoms with Crippen molar-refractivity contribution >= 4 is 27.3 Å². The van der Waals surface area contributed by atoms with Gasteiger partial charge in [-0.1, -0.05) is 42.0 Å². The van der Waals surface area contributed by atoms with Crippen LogP contribution in [0.4, 0.5) is 0 Å². The normalized spacial score (nSPS) is 11.6. The maximum absolute atomic E-state index is 4.49. The minimum absolute atomic E-state index is 1.03. The molecule has 0 aliphatic rings. The van der Waals surface area contributed by atoms with Gasteiger partial charge in [-0.25, -0.2) is 4.98 Å². The van der Waals surface area contributed by atoms with Crippen LogP contribution in [-0.2, 0) is 0 Å². The SMILES string of the molecule is Cc1ccc2c(c1)c1ccccc1n1ccnc21. The van der Waals surface area contributed by atoms with Crippen molar-refractivity contribution in [1.29, 1.82) is 0 Å². The molecule has 0 radical (unpaired) electrons. The number of imidazole rings is 1. The van der Waals surface area contributed by atoms with Crippen LogP contribution in [0.2, 0.25) is 0 Å². The average Bonchev–Trinajstić information content (AvgIpc) is 2.88. The monoisotopic (exact) mass is 232 g/mol. The maximum atomic E-state index is 4.49. The number of fused-ring (bicyclic) bond motifs is 6. The van der Waals surface area contributed by atoms with E-state index in [1.54, 1.807) is 0 Å². The van der Waals surface area contributed by atoms with Crippen LogP contribution in [0, 0.1) is 6.92 Å². The minimum atomic E-state index is 1.03. The second-order valence-corrected chi connectivity index (χ2v) is 4.69. The molecule has 0 amide bonds. The first-order valence-electron chi connectivity index (χ1n) is 6.09. The van der Waals surface area contributed by atoms with Crippen LogP contribution in [-0.4, -0.2) is 9.38 Å². The Morgan fingerprint density at radius 2 is 1.83 bits per heavy atom. The molecule has 0 aliphatic heterocycles. The summed E-state index contributed by atoms with van der Waals surface area (Å²) in [7, 11) is 0. The van der Waals surface area contributed by atoms with Crippen LogP contribution >= 0.6 is 0 Å². The predicted octanol–water partition coefficient (Wildman–Crippen LogP) is 3.95. The van der Waals surface area contributed by atoms with E-state index in [4.69, 9.17) is 0 Å². The highest BCUT2D eigenvalue weighted by Crippen LogP contribution is 2.29. The molecule has 0 bridgehead atoms. The standard InChI is InChI=1S/C16H12N2/c1-11-6-7-13-14(10-11)12-4-2-3-5-15(12)18-9-8-17-16(13)18/h2-10H,1H3. The zero-order valence-corrected chi connectivity index (χ0v) is 10.1. The molecule has 0 fully saturated rings. The second-order valence-electron chi connectivity index (χ2n) is 4.69. The topological polar surface area (TPSA) is 17.3 Å². The molecule has 0 saturated heterocycles. The average molecular weight is 232 g/mol. The summed E-state index contributed by atoms with van der Waals surface area (Å²) in [5.41, 5.74) is 3.52. The molecule has 4 aromatic rings. The van der Waals surface area contributed by atoms with Crippen molar-refractivity contribution in [2.24, 2.45) is 0 Å². The molecule has 0 atom stereocenters. The van der Waals surface area contributed by atoms with E-state index in [2.05, 4.69) is 58.8 Å². The molecule has 2 heterocycles. The summed E-state index contributed by atoms with van der Waals surface area (Å²) in [4.78, 5) is 4.49. The van der Waals surface area contributed by atoms with Gasteiger partial charge < -0.3 is 0 Å². The molecule has 0 aliphatic carbocycles. The quantitative estimate of drug-likeness (QED) is 0.420. The lowest BCUT2D eigenvalue weighted by Crippen LogP contribution is -1.90. The molecule has 2 heteroatoms. The number of hydrogen-bond donors (Lipinski definition) is 0. The van der Waals surface area contributed by atoms with Crippen LogP contribution in [0.15, 0.2) is 54.9 Å². The highest BCUT2D eigenvalue weighted by atomic mass is 15.0. The Labute approximate surface area is 104 Å². The van der Waals surface area contributed by atoms with Gasteiger partial charge in [-0.3, -0.25) is 4.40 Å². The summed E-state index contributed by atoms with van der Waals surface area (Å²) < 4.78 is 2.16. The summed E-state index contributed by atoms with van der Waals surface area (Å²) in [6.07, 6.45) is 3.89. The van der Waals surface area contributed by atoms with Crippen LogP contribution < -0.4 is 0 Å². The predicted molar refractivity (Wildman–Crippen MR) is 74.9 cm³/mol. The Balaban J connectivity index is 2.44. The largest absolute Gasteiger partial charge is 0.299 e. The van der Waals surface area contributed by atoms with Gasteiger partial charge in [0.25, 0.3) is 0 Å². The molecule has 86 valence electrons. The molecule has 0 spiro atoms. The lowest BCUT2D eigenvalue weighted by molar-refractivity contribution is 1.27. The molecule has 4 rings (SSSR count). The van der Waals surface area contributed by atoms with Crippen molar-refractivity contribution in [3.05, 3.63) is 60.4 Å². The van der Waals surface area contributed by atoms with E-state index in [9.17, 15) is 0 Å². The van der Waals surface area contributed by atoms with Crippen LogP contribution in [0.3, 0.4) is 0 Å². The molecule has 2 nitrogen and oxygen atoms in total. The van der Waals surface area contributed by atoms with E-state index >= 15 is 0 Å². The molecule has 0 N–H and O–H groups in total. The van der Waals surface area contributed by atoms with Crippen molar-refractivity contribution in [1.82, 2.24) is 9.38 Å². The van der Waals surface area contributed by atoms with Crippen molar-refractivity contribution in [3.8, 4) is 0 Å². The summed E-state index contributed by atoms with van der Waals surface area (Å²) in [5.74, 6) is 0. The second kappa shape index (κ2) is 3.33. The van der Waals surface area contributed by atoms with E-state index < -0.39 is 0 Å². The molecular formula is C16H12N2. The maximum Gasteiger partial charge on any atom is 0.145 e. The number of pyridine rings is 1. The first-order chi connectivity index (χ1) is 8.84. The molecule has 18 heavy (non-hydrogen) atoms. The van der Waals surface area contributed by atoms with Gasteiger partial charge in [-0.15, -0.1) is 0 Å². The van der Waals surface area contributed by atoms with E-state index in [0.29, 0.717) is 0 Å². The van der Waals surface area contributed by atoms with Crippen LogP contribution in [0.5, 0.6) is 0 Å². The highest BCUT2D eigenvalue weighted by Gasteiger charge is 2.08. The third-order valence-electron chi connectivity index (χ3n) is 3.51. The Morgan fingerprint density at radius 1 is 0.944 bits per heavy atom. The van der Waals surface area contributed by atoms with Crippen molar-refractivity contribution in [2.75, 3.05) is 0 Å². The summed E-state index contributed by atoms with van der Waals surface area (Å²) >= 11 is 0. The van der Waals surface area contributed by atoms with Crippen LogP contribution in [0.1, 0.15) is 5.56 Å². The third kappa shape index (κ3) is 1.15. The Bertz CT molecular complexity index is 887. The van der Waals surface area contributed by atoms with Gasteiger partial charge in [-0.2, -0.15) is 0 Å². The van der Waals surface area contributed by atoms with Crippen molar-refractivity contribution < 1.29 is 0 Å². The lowest BCUT2D eigenvalue weighted by Gasteiger charge is -2.08. The summed E-state index contributed by atoms with van der Waals surface area (Å²) in [6, 6.07) is 15.0. The van der Waals surface area contributed by atoms with Gasteiger partial charge in [0.2, 0.25) is 0 Å². The number of benzene rings is 2. The first kappa shape index (κ1) is 9.66. The summed E-state index contributed by atoms with van der Waals surface area (Å²) in [6.45, 7) is 2.13. The number of rotatable bonds is 0. The number of hydrogen-bond acceptors (Lipinski definition) is 1. The van der Waals surface area contributed by atoms with Gasteiger partial charge in [-0.05, 0) is 18.4 Å². The number of para-hydroxylation sites is 1. The third-order valence-corrected chi connectivity index (χ3v) is 3.51. The number of nitrogens with zero attached hydrogens (tertiary/aromatic N) is 2. The van der Waals surface area contributed by atoms with Gasteiger partial charge in [0.15, 0.2) is 0 Å². The fraction of sp³-hybridized carbons (Fsp3) is 0.0625.